The van der Waals surface area contributed by atoms with Gasteiger partial charge in [-0.1, -0.05) is 44.2 Å². The fourth-order valence-corrected chi connectivity index (χ4v) is 5.58. The molecule has 0 atom stereocenters. The number of rotatable bonds is 8. The maximum atomic E-state index is 12.2. The number of anilines is 3. The van der Waals surface area contributed by atoms with E-state index in [-0.39, 0.29) is 23.8 Å². The Morgan fingerprint density at radius 3 is 2.67 bits per heavy atom. The Morgan fingerprint density at radius 2 is 1.88 bits per heavy atom. The van der Waals surface area contributed by atoms with Crippen LogP contribution in [0, 0.1) is 5.92 Å². The largest absolute Gasteiger partial charge is 0.350 e. The van der Waals surface area contributed by atoms with E-state index in [4.69, 9.17) is 15.7 Å². The molecule has 11 heteroatoms. The Balaban J connectivity index is 1.17. The number of nitrogens with two attached hydrogens (primary N) is 1. The number of hydrogen-bond acceptors (Lipinski definition) is 8. The first-order valence-corrected chi connectivity index (χ1v) is 14.8. The normalized spacial score (nSPS) is 16.0. The van der Waals surface area contributed by atoms with Gasteiger partial charge in [0, 0.05) is 37.2 Å². The SMILES string of the molecule is CC(C)c1cnn2c(NCc3ccccc3-c3ccc4nc(NC(=O)C5CC5)[nH]c4c3)nc(N3CCC(N)CC3)nc12. The molecule has 11 nitrogen and oxygen atoms in total. The van der Waals surface area contributed by atoms with E-state index in [2.05, 4.69) is 68.7 Å². The number of aromatic amines is 1. The highest BCUT2D eigenvalue weighted by Crippen LogP contribution is 2.31. The molecule has 0 spiro atoms. The first-order chi connectivity index (χ1) is 20.4. The van der Waals surface area contributed by atoms with Gasteiger partial charge < -0.3 is 20.9 Å². The van der Waals surface area contributed by atoms with Crippen molar-refractivity contribution in [3.8, 4) is 11.1 Å². The van der Waals surface area contributed by atoms with Gasteiger partial charge in [-0.2, -0.15) is 19.6 Å². The van der Waals surface area contributed by atoms with Crippen LogP contribution in [0.4, 0.5) is 17.8 Å². The number of carbonyl (C=O) groups excluding carboxylic acids is 1. The van der Waals surface area contributed by atoms with Gasteiger partial charge >= 0.3 is 0 Å². The number of amides is 1. The van der Waals surface area contributed by atoms with Crippen LogP contribution in [-0.4, -0.2) is 54.6 Å². The van der Waals surface area contributed by atoms with Gasteiger partial charge in [-0.3, -0.25) is 10.1 Å². The van der Waals surface area contributed by atoms with Crippen molar-refractivity contribution in [2.24, 2.45) is 11.7 Å². The molecule has 4 heterocycles. The lowest BCUT2D eigenvalue weighted by atomic mass is 9.99. The molecule has 42 heavy (non-hydrogen) atoms. The number of aromatic nitrogens is 6. The smallest absolute Gasteiger partial charge is 0.230 e. The minimum absolute atomic E-state index is 0.0363. The van der Waals surface area contributed by atoms with E-state index in [0.29, 0.717) is 24.4 Å². The molecular formula is C31H36N10O. The minimum atomic E-state index is 0.0363. The second-order valence-corrected chi connectivity index (χ2v) is 11.8. The highest BCUT2D eigenvalue weighted by Gasteiger charge is 2.30. The zero-order valence-electron chi connectivity index (χ0n) is 24.0. The Morgan fingerprint density at radius 1 is 1.07 bits per heavy atom. The van der Waals surface area contributed by atoms with Gasteiger partial charge in [-0.25, -0.2) is 4.98 Å². The van der Waals surface area contributed by atoms with Crippen LogP contribution in [0.1, 0.15) is 56.6 Å². The van der Waals surface area contributed by atoms with Crippen LogP contribution in [0.15, 0.2) is 48.7 Å². The number of imidazole rings is 1. The molecule has 2 aliphatic rings. The zero-order valence-corrected chi connectivity index (χ0v) is 24.0. The van der Waals surface area contributed by atoms with Gasteiger partial charge in [-0.05, 0) is 60.4 Å². The monoisotopic (exact) mass is 564 g/mol. The van der Waals surface area contributed by atoms with Crippen molar-refractivity contribution in [1.29, 1.82) is 0 Å². The molecule has 1 aliphatic carbocycles. The van der Waals surface area contributed by atoms with Crippen molar-refractivity contribution in [2.75, 3.05) is 28.6 Å². The number of nitrogens with zero attached hydrogens (tertiary/aromatic N) is 6. The Bertz CT molecular complexity index is 1760. The van der Waals surface area contributed by atoms with E-state index in [1.165, 1.54) is 0 Å². The summed E-state index contributed by atoms with van der Waals surface area (Å²) in [5, 5.41) is 11.1. The minimum Gasteiger partial charge on any atom is -0.350 e. The highest BCUT2D eigenvalue weighted by atomic mass is 16.2. The Kier molecular flexibility index (Phi) is 6.73. The quantitative estimate of drug-likeness (QED) is 0.213. The molecule has 5 aromatic rings. The Hall–Kier alpha value is -4.51. The maximum Gasteiger partial charge on any atom is 0.230 e. The number of nitrogens with one attached hydrogen (secondary N) is 3. The summed E-state index contributed by atoms with van der Waals surface area (Å²) in [6.07, 6.45) is 5.65. The summed E-state index contributed by atoms with van der Waals surface area (Å²) in [4.78, 5) is 32.1. The molecular weight excluding hydrogens is 528 g/mol. The van der Waals surface area contributed by atoms with E-state index in [1.807, 2.05) is 28.9 Å². The third-order valence-corrected chi connectivity index (χ3v) is 8.26. The Labute approximate surface area is 243 Å². The van der Waals surface area contributed by atoms with Crippen LogP contribution in [-0.2, 0) is 11.3 Å². The van der Waals surface area contributed by atoms with E-state index in [9.17, 15) is 4.79 Å². The fourth-order valence-electron chi connectivity index (χ4n) is 5.58. The number of benzene rings is 2. The zero-order chi connectivity index (χ0) is 28.8. The van der Waals surface area contributed by atoms with Crippen molar-refractivity contribution >= 4 is 40.4 Å². The first kappa shape index (κ1) is 26.4. The van der Waals surface area contributed by atoms with Gasteiger partial charge in [0.05, 0.1) is 17.2 Å². The molecule has 1 saturated heterocycles. The van der Waals surface area contributed by atoms with E-state index in [1.54, 1.807) is 0 Å². The summed E-state index contributed by atoms with van der Waals surface area (Å²) >= 11 is 0. The van der Waals surface area contributed by atoms with E-state index >= 15 is 0 Å². The van der Waals surface area contributed by atoms with Crippen LogP contribution in [0.2, 0.25) is 0 Å². The van der Waals surface area contributed by atoms with Gasteiger partial charge in [0.15, 0.2) is 5.65 Å². The van der Waals surface area contributed by atoms with Gasteiger partial charge in [0.1, 0.15) is 0 Å². The van der Waals surface area contributed by atoms with Crippen LogP contribution >= 0.6 is 0 Å². The van der Waals surface area contributed by atoms with Crippen molar-refractivity contribution in [1.82, 2.24) is 29.5 Å². The molecule has 0 bridgehead atoms. The number of carbonyl (C=O) groups is 1. The molecule has 0 radical (unpaired) electrons. The lowest BCUT2D eigenvalue weighted by molar-refractivity contribution is -0.117. The van der Waals surface area contributed by atoms with Crippen molar-refractivity contribution in [3.05, 3.63) is 59.8 Å². The summed E-state index contributed by atoms with van der Waals surface area (Å²) in [5.41, 5.74) is 13.1. The molecule has 1 amide bonds. The van der Waals surface area contributed by atoms with Crippen molar-refractivity contribution in [2.45, 2.75) is 58.0 Å². The standard InChI is InChI=1S/C31H36N10O/c1-18(2)24-17-34-41-27(24)37-31(40-13-11-22(32)12-14-40)39-30(41)33-16-21-5-3-4-6-23(21)20-9-10-25-26(15-20)36-29(35-25)38-28(42)19-7-8-19/h3-6,9-10,15,17-19,22H,7-8,11-14,16,32H2,1-2H3,(H,33,37,39)(H2,35,36,38,42). The van der Waals surface area contributed by atoms with Gasteiger partial charge in [0.2, 0.25) is 23.8 Å². The molecule has 3 aromatic heterocycles. The molecule has 2 aromatic carbocycles. The second kappa shape index (κ2) is 10.7. The van der Waals surface area contributed by atoms with Crippen LogP contribution in [0.25, 0.3) is 27.8 Å². The average Bonchev–Trinajstić information content (AvgIpc) is 3.63. The fraction of sp³-hybridized carbons (Fsp3) is 0.387. The summed E-state index contributed by atoms with van der Waals surface area (Å²) in [7, 11) is 0. The summed E-state index contributed by atoms with van der Waals surface area (Å²) in [6, 6.07) is 14.7. The third kappa shape index (κ3) is 5.16. The van der Waals surface area contributed by atoms with E-state index in [0.717, 1.165) is 77.7 Å². The maximum absolute atomic E-state index is 12.2. The predicted molar refractivity (Wildman–Crippen MR) is 165 cm³/mol. The van der Waals surface area contributed by atoms with Gasteiger partial charge in [-0.15, -0.1) is 0 Å². The number of fused-ring (bicyclic) bond motifs is 2. The number of piperidine rings is 1. The average molecular weight is 565 g/mol. The summed E-state index contributed by atoms with van der Waals surface area (Å²) in [5.74, 6) is 2.31. The molecule has 5 N–H and O–H groups in total. The second-order valence-electron chi connectivity index (χ2n) is 11.8. The molecule has 1 aliphatic heterocycles. The van der Waals surface area contributed by atoms with Gasteiger partial charge in [0.25, 0.3) is 0 Å². The molecule has 2 fully saturated rings. The third-order valence-electron chi connectivity index (χ3n) is 8.26. The number of hydrogen-bond donors (Lipinski definition) is 4. The topological polar surface area (TPSA) is 142 Å². The number of H-pyrrole nitrogens is 1. The highest BCUT2D eigenvalue weighted by molar-refractivity contribution is 5.94. The van der Waals surface area contributed by atoms with Crippen LogP contribution in [0.3, 0.4) is 0 Å². The summed E-state index contributed by atoms with van der Waals surface area (Å²) < 4.78 is 1.81. The van der Waals surface area contributed by atoms with Crippen molar-refractivity contribution < 1.29 is 4.79 Å². The molecule has 216 valence electrons. The first-order valence-electron chi connectivity index (χ1n) is 14.8. The lowest BCUT2D eigenvalue weighted by Gasteiger charge is -2.30. The molecule has 7 rings (SSSR count). The molecule has 0 unspecified atom stereocenters. The van der Waals surface area contributed by atoms with E-state index < -0.39 is 0 Å². The molecule has 1 saturated carbocycles. The van der Waals surface area contributed by atoms with Crippen LogP contribution < -0.4 is 21.3 Å². The van der Waals surface area contributed by atoms with Crippen molar-refractivity contribution in [3.63, 3.8) is 0 Å². The predicted octanol–water partition coefficient (Wildman–Crippen LogP) is 4.68. The summed E-state index contributed by atoms with van der Waals surface area (Å²) in [6.45, 7) is 6.54. The van der Waals surface area contributed by atoms with Crippen LogP contribution in [0.5, 0.6) is 0 Å². The lowest BCUT2D eigenvalue weighted by Crippen LogP contribution is -2.40.